The molecule has 8 heteroatoms. The number of anilines is 1. The van der Waals surface area contributed by atoms with E-state index in [-0.39, 0.29) is 24.8 Å². The highest BCUT2D eigenvalue weighted by atomic mass is 32.2. The number of nitrogens with zero attached hydrogens (tertiary/aromatic N) is 2. The third-order valence-electron chi connectivity index (χ3n) is 6.20. The first-order valence-corrected chi connectivity index (χ1v) is 14.1. The molecule has 0 aliphatic rings. The monoisotopic (exact) mass is 501 g/mol. The van der Waals surface area contributed by atoms with Crippen LogP contribution in [0.1, 0.15) is 49.8 Å². The Bertz CT molecular complexity index is 1090. The van der Waals surface area contributed by atoms with Crippen molar-refractivity contribution in [3.05, 3.63) is 65.2 Å². The number of carbonyl (C=O) groups is 2. The molecule has 2 rings (SSSR count). The molecule has 0 fully saturated rings. The van der Waals surface area contributed by atoms with Crippen LogP contribution in [0.4, 0.5) is 5.69 Å². The number of sulfonamides is 1. The molecule has 0 spiro atoms. The molecule has 0 aliphatic heterocycles. The van der Waals surface area contributed by atoms with Crippen molar-refractivity contribution < 1.29 is 18.0 Å². The Morgan fingerprint density at radius 3 is 2.31 bits per heavy atom. The van der Waals surface area contributed by atoms with Crippen LogP contribution in [0.25, 0.3) is 0 Å². The highest BCUT2D eigenvalue weighted by Crippen LogP contribution is 2.25. The number of nitrogens with one attached hydrogen (secondary N) is 1. The largest absolute Gasteiger partial charge is 0.354 e. The van der Waals surface area contributed by atoms with Crippen LogP contribution in [0.15, 0.2) is 48.5 Å². The molecule has 0 saturated heterocycles. The minimum absolute atomic E-state index is 0.150. The quantitative estimate of drug-likeness (QED) is 0.452. The van der Waals surface area contributed by atoms with E-state index in [0.717, 1.165) is 23.1 Å². The average molecular weight is 502 g/mol. The zero-order valence-corrected chi connectivity index (χ0v) is 22.4. The van der Waals surface area contributed by atoms with Crippen LogP contribution in [-0.2, 0) is 26.0 Å². The Balaban J connectivity index is 2.13. The number of hydrogen-bond acceptors (Lipinski definition) is 4. The molecular weight excluding hydrogens is 462 g/mol. The van der Waals surface area contributed by atoms with Crippen molar-refractivity contribution in [3.8, 4) is 0 Å². The topological polar surface area (TPSA) is 86.8 Å². The molecule has 0 radical (unpaired) electrons. The minimum Gasteiger partial charge on any atom is -0.354 e. The van der Waals surface area contributed by atoms with Gasteiger partial charge in [-0.15, -0.1) is 0 Å². The van der Waals surface area contributed by atoms with Crippen LogP contribution >= 0.6 is 0 Å². The van der Waals surface area contributed by atoms with Crippen LogP contribution in [0.2, 0.25) is 0 Å². The Labute approximate surface area is 210 Å². The smallest absolute Gasteiger partial charge is 0.242 e. The van der Waals surface area contributed by atoms with Crippen molar-refractivity contribution in [2.75, 3.05) is 30.2 Å². The van der Waals surface area contributed by atoms with Gasteiger partial charge in [0.15, 0.2) is 0 Å². The fourth-order valence-electron chi connectivity index (χ4n) is 3.95. The first-order valence-electron chi connectivity index (χ1n) is 12.2. The maximum Gasteiger partial charge on any atom is 0.242 e. The van der Waals surface area contributed by atoms with Gasteiger partial charge >= 0.3 is 0 Å². The molecule has 35 heavy (non-hydrogen) atoms. The predicted molar refractivity (Wildman–Crippen MR) is 142 cm³/mol. The fraction of sp³-hybridized carbons (Fsp3) is 0.481. The van der Waals surface area contributed by atoms with Crippen LogP contribution in [0.3, 0.4) is 0 Å². The second kappa shape index (κ2) is 13.3. The normalized spacial score (nSPS) is 12.1. The average Bonchev–Trinajstić information content (AvgIpc) is 2.82. The predicted octanol–water partition coefficient (Wildman–Crippen LogP) is 3.84. The standard InChI is InChI=1S/C27H39N3O4S/c1-6-18-28-27(32)23(4)29(20-17-24-13-8-7-9-14-24)26(31)16-11-19-30(35(5,33)34)25-15-10-12-21(2)22(25)3/h7-10,12-15,23H,6,11,16-20H2,1-5H3,(H,28,32). The van der Waals surface area contributed by atoms with Crippen molar-refractivity contribution in [3.63, 3.8) is 0 Å². The summed E-state index contributed by atoms with van der Waals surface area (Å²) in [6, 6.07) is 14.8. The van der Waals surface area contributed by atoms with Crippen molar-refractivity contribution in [2.24, 2.45) is 0 Å². The van der Waals surface area contributed by atoms with Gasteiger partial charge in [0.1, 0.15) is 6.04 Å². The summed E-state index contributed by atoms with van der Waals surface area (Å²) in [6.45, 7) is 8.73. The molecule has 7 nitrogen and oxygen atoms in total. The van der Waals surface area contributed by atoms with Crippen LogP contribution in [0.5, 0.6) is 0 Å². The number of aryl methyl sites for hydroxylation is 1. The summed E-state index contributed by atoms with van der Waals surface area (Å²) < 4.78 is 26.4. The molecule has 0 aromatic heterocycles. The third-order valence-corrected chi connectivity index (χ3v) is 7.38. The van der Waals surface area contributed by atoms with Crippen molar-refractivity contribution in [1.29, 1.82) is 0 Å². The first kappa shape index (κ1) is 28.4. The number of rotatable bonds is 13. The number of carbonyl (C=O) groups excluding carboxylic acids is 2. The Kier molecular flexibility index (Phi) is 10.8. The zero-order valence-electron chi connectivity index (χ0n) is 21.6. The van der Waals surface area contributed by atoms with Crippen LogP contribution in [-0.4, -0.2) is 57.1 Å². The molecule has 0 heterocycles. The van der Waals surface area contributed by atoms with E-state index >= 15 is 0 Å². The van der Waals surface area contributed by atoms with E-state index in [2.05, 4.69) is 5.32 Å². The molecule has 2 aromatic carbocycles. The third kappa shape index (κ3) is 8.38. The van der Waals surface area contributed by atoms with Gasteiger partial charge in [-0.05, 0) is 62.8 Å². The SMILES string of the molecule is CCCNC(=O)C(C)N(CCc1ccccc1)C(=O)CCCN(c1cccc(C)c1C)S(C)(=O)=O. The van der Waals surface area contributed by atoms with Gasteiger partial charge in [0.25, 0.3) is 0 Å². The minimum atomic E-state index is -3.52. The van der Waals surface area contributed by atoms with Crippen molar-refractivity contribution in [2.45, 2.75) is 59.4 Å². The Hall–Kier alpha value is -2.87. The lowest BCUT2D eigenvalue weighted by molar-refractivity contribution is -0.139. The van der Waals surface area contributed by atoms with Crippen LogP contribution in [0, 0.1) is 13.8 Å². The maximum absolute atomic E-state index is 13.3. The lowest BCUT2D eigenvalue weighted by Crippen LogP contribution is -2.49. The van der Waals surface area contributed by atoms with Gasteiger partial charge in [-0.25, -0.2) is 8.42 Å². The molecule has 2 amide bonds. The van der Waals surface area contributed by atoms with E-state index in [4.69, 9.17) is 0 Å². The lowest BCUT2D eigenvalue weighted by atomic mass is 10.1. The first-order chi connectivity index (χ1) is 16.6. The van der Waals surface area contributed by atoms with E-state index in [1.54, 1.807) is 17.9 Å². The maximum atomic E-state index is 13.3. The van der Waals surface area contributed by atoms with E-state index in [9.17, 15) is 18.0 Å². The summed E-state index contributed by atoms with van der Waals surface area (Å²) in [6.07, 6.45) is 3.14. The Morgan fingerprint density at radius 2 is 1.69 bits per heavy atom. The number of hydrogen-bond donors (Lipinski definition) is 1. The number of amides is 2. The molecule has 0 saturated carbocycles. The summed E-state index contributed by atoms with van der Waals surface area (Å²) in [4.78, 5) is 27.5. The molecule has 1 atom stereocenters. The second-order valence-corrected chi connectivity index (χ2v) is 10.9. The number of benzene rings is 2. The summed E-state index contributed by atoms with van der Waals surface area (Å²) in [7, 11) is -3.52. The van der Waals surface area contributed by atoms with Crippen LogP contribution < -0.4 is 9.62 Å². The molecule has 2 aromatic rings. The molecule has 1 unspecified atom stereocenters. The highest BCUT2D eigenvalue weighted by Gasteiger charge is 2.26. The van der Waals surface area contributed by atoms with E-state index in [1.807, 2.05) is 63.2 Å². The van der Waals surface area contributed by atoms with Gasteiger partial charge < -0.3 is 10.2 Å². The summed E-state index contributed by atoms with van der Waals surface area (Å²) in [5, 5.41) is 2.87. The lowest BCUT2D eigenvalue weighted by Gasteiger charge is -2.29. The zero-order chi connectivity index (χ0) is 26.0. The van der Waals surface area contributed by atoms with Gasteiger partial charge in [0, 0.05) is 26.1 Å². The fourth-order valence-corrected chi connectivity index (χ4v) is 4.97. The van der Waals surface area contributed by atoms with Gasteiger partial charge in [0.05, 0.1) is 11.9 Å². The molecule has 0 aliphatic carbocycles. The Morgan fingerprint density at radius 1 is 1.00 bits per heavy atom. The van der Waals surface area contributed by atoms with Crippen molar-refractivity contribution in [1.82, 2.24) is 10.2 Å². The van der Waals surface area contributed by atoms with Gasteiger partial charge in [-0.1, -0.05) is 49.4 Å². The summed E-state index contributed by atoms with van der Waals surface area (Å²) in [5.74, 6) is -0.337. The van der Waals surface area contributed by atoms with E-state index < -0.39 is 16.1 Å². The highest BCUT2D eigenvalue weighted by molar-refractivity contribution is 7.92. The van der Waals surface area contributed by atoms with Gasteiger partial charge in [0.2, 0.25) is 21.8 Å². The van der Waals surface area contributed by atoms with Gasteiger partial charge in [-0.3, -0.25) is 13.9 Å². The molecule has 0 bridgehead atoms. The van der Waals surface area contributed by atoms with E-state index in [1.165, 1.54) is 10.6 Å². The summed E-state index contributed by atoms with van der Waals surface area (Å²) in [5.41, 5.74) is 3.62. The van der Waals surface area contributed by atoms with Crippen molar-refractivity contribution >= 4 is 27.5 Å². The van der Waals surface area contributed by atoms with E-state index in [0.29, 0.717) is 31.6 Å². The molecule has 1 N–H and O–H groups in total. The molecule has 192 valence electrons. The second-order valence-electron chi connectivity index (χ2n) is 8.95. The summed E-state index contributed by atoms with van der Waals surface area (Å²) >= 11 is 0. The molecular formula is C27H39N3O4S. The van der Waals surface area contributed by atoms with Gasteiger partial charge in [-0.2, -0.15) is 0 Å².